The number of hydrogen-bond acceptors (Lipinski definition) is 5. The van der Waals surface area contributed by atoms with Crippen LogP contribution in [0.2, 0.25) is 0 Å². The van der Waals surface area contributed by atoms with Crippen LogP contribution in [0.4, 0.5) is 62.3 Å². The van der Waals surface area contributed by atoms with E-state index in [-0.39, 0.29) is 54.0 Å². The van der Waals surface area contributed by atoms with Crippen molar-refractivity contribution in [1.29, 1.82) is 0 Å². The van der Waals surface area contributed by atoms with Crippen LogP contribution in [-0.2, 0) is 40.8 Å². The van der Waals surface area contributed by atoms with E-state index in [1.165, 1.54) is 6.92 Å². The zero-order valence-corrected chi connectivity index (χ0v) is 25.4. The largest absolute Gasteiger partial charge is 0.445 e. The van der Waals surface area contributed by atoms with Gasteiger partial charge in [0, 0.05) is 5.56 Å². The van der Waals surface area contributed by atoms with Gasteiger partial charge in [0.1, 0.15) is 12.7 Å². The van der Waals surface area contributed by atoms with Crippen LogP contribution >= 0.6 is 0 Å². The van der Waals surface area contributed by atoms with E-state index in [1.807, 2.05) is 0 Å². The van der Waals surface area contributed by atoms with Crippen LogP contribution in [0.1, 0.15) is 93.4 Å². The van der Waals surface area contributed by atoms with Gasteiger partial charge in [-0.2, -0.15) is 52.7 Å². The summed E-state index contributed by atoms with van der Waals surface area (Å²) < 4.78 is 163. The van der Waals surface area contributed by atoms with Gasteiger partial charge >= 0.3 is 36.9 Å². The molecule has 54 heavy (non-hydrogen) atoms. The number of rotatable bonds is 6. The predicted molar refractivity (Wildman–Crippen MR) is 175 cm³/mol. The van der Waals surface area contributed by atoms with Crippen molar-refractivity contribution in [3.05, 3.63) is 106 Å². The Bertz CT molecular complexity index is 1620. The molecule has 2 N–H and O–H groups in total. The Morgan fingerprint density at radius 2 is 1.13 bits per heavy atom. The zero-order valence-electron chi connectivity index (χ0n) is 25.4. The fourth-order valence-electron chi connectivity index (χ4n) is 4.37. The molecule has 0 bridgehead atoms. The standard InChI is InChI=1S/C19H15F6NO3.C12H9F6NO2.4CH4/c1-11(26-17(28)29-10-12-5-3-2-4-6-12)16(27)13-7-14(18(20,21)22)9-15(8-13)19(23,24)25;1-5-9(21-10(20)19-5)6-2-7(11(13,14)15)4-8(3-6)12(16,17)18;;;;/h2-9,11H,10H2,1H3,(H,26,28);2-5,9H,1H3,(H,19,20);4*1H4/t;5-,9-;;;;/m.0..../s1. The molecule has 0 saturated carbocycles. The lowest BCUT2D eigenvalue weighted by atomic mass is 9.98. The van der Waals surface area contributed by atoms with Crippen molar-refractivity contribution in [3.63, 3.8) is 0 Å². The predicted octanol–water partition coefficient (Wildman–Crippen LogP) is 11.7. The lowest BCUT2D eigenvalue weighted by molar-refractivity contribution is -0.144. The number of benzene rings is 3. The quantitative estimate of drug-likeness (QED) is 0.191. The van der Waals surface area contributed by atoms with Crippen molar-refractivity contribution < 1.29 is 76.5 Å². The monoisotopic (exact) mass is 796 g/mol. The van der Waals surface area contributed by atoms with Crippen molar-refractivity contribution >= 4 is 18.0 Å². The number of nitrogens with one attached hydrogen (secondary N) is 2. The number of Topliss-reactive ketones (excluding diaryl/α,β-unsaturated/α-hetero) is 1. The molecule has 4 rings (SSSR count). The van der Waals surface area contributed by atoms with E-state index < -0.39 is 88.7 Å². The van der Waals surface area contributed by atoms with E-state index in [2.05, 4.69) is 10.6 Å². The molecule has 0 radical (unpaired) electrons. The molecular formula is C35H40F12N2O5. The summed E-state index contributed by atoms with van der Waals surface area (Å²) in [6.45, 7) is 2.41. The minimum atomic E-state index is -5.08. The molecule has 1 aliphatic heterocycles. The van der Waals surface area contributed by atoms with Gasteiger partial charge in [0.2, 0.25) is 0 Å². The minimum absolute atomic E-state index is 0. The summed E-state index contributed by atoms with van der Waals surface area (Å²) in [5, 5.41) is 4.35. The number of amides is 2. The van der Waals surface area contributed by atoms with Crippen LogP contribution in [0.5, 0.6) is 0 Å². The molecule has 1 aliphatic rings. The number of ketones is 1. The van der Waals surface area contributed by atoms with Crippen LogP contribution in [0, 0.1) is 0 Å². The van der Waals surface area contributed by atoms with Gasteiger partial charge in [-0.15, -0.1) is 0 Å². The van der Waals surface area contributed by atoms with Gasteiger partial charge in [0.25, 0.3) is 0 Å². The molecular weight excluding hydrogens is 756 g/mol. The molecule has 7 nitrogen and oxygen atoms in total. The molecule has 3 aromatic carbocycles. The second-order valence-corrected chi connectivity index (χ2v) is 10.7. The van der Waals surface area contributed by atoms with Crippen LogP contribution in [0.3, 0.4) is 0 Å². The van der Waals surface area contributed by atoms with Gasteiger partial charge < -0.3 is 20.1 Å². The van der Waals surface area contributed by atoms with Gasteiger partial charge in [0.05, 0.1) is 34.3 Å². The molecule has 3 aromatic rings. The number of cyclic esters (lactones) is 1. The Morgan fingerprint density at radius 3 is 1.50 bits per heavy atom. The number of alkyl carbamates (subject to hydrolysis) is 2. The highest BCUT2D eigenvalue weighted by Gasteiger charge is 2.41. The van der Waals surface area contributed by atoms with E-state index >= 15 is 0 Å². The van der Waals surface area contributed by atoms with Crippen LogP contribution in [0.25, 0.3) is 0 Å². The van der Waals surface area contributed by atoms with Crippen LogP contribution in [0.15, 0.2) is 66.7 Å². The summed E-state index contributed by atoms with van der Waals surface area (Å²) in [5.74, 6) is -1.13. The summed E-state index contributed by atoms with van der Waals surface area (Å²) in [5.41, 5.74) is -6.66. The maximum atomic E-state index is 12.9. The highest BCUT2D eigenvalue weighted by atomic mass is 19.4. The van der Waals surface area contributed by atoms with Gasteiger partial charge in [0.15, 0.2) is 5.78 Å². The second kappa shape index (κ2) is 19.4. The number of ether oxygens (including phenoxy) is 2. The van der Waals surface area contributed by atoms with Crippen molar-refractivity contribution in [2.45, 2.75) is 93.1 Å². The first-order valence-corrected chi connectivity index (χ1v) is 13.9. The second-order valence-electron chi connectivity index (χ2n) is 10.7. The summed E-state index contributed by atoms with van der Waals surface area (Å²) in [4.78, 5) is 35.1. The average Bonchev–Trinajstić information content (AvgIpc) is 3.35. The lowest BCUT2D eigenvalue weighted by Crippen LogP contribution is -2.39. The van der Waals surface area contributed by atoms with Crippen molar-refractivity contribution in [3.8, 4) is 0 Å². The topological polar surface area (TPSA) is 93.7 Å². The smallest absolute Gasteiger partial charge is 0.416 e. The maximum Gasteiger partial charge on any atom is 0.416 e. The highest BCUT2D eigenvalue weighted by molar-refractivity contribution is 6.01. The van der Waals surface area contributed by atoms with Crippen LogP contribution in [-0.4, -0.2) is 30.1 Å². The first-order chi connectivity index (χ1) is 22.9. The fourth-order valence-corrected chi connectivity index (χ4v) is 4.37. The van der Waals surface area contributed by atoms with E-state index in [0.29, 0.717) is 29.8 Å². The van der Waals surface area contributed by atoms with Gasteiger partial charge in [-0.3, -0.25) is 4.79 Å². The Morgan fingerprint density at radius 1 is 0.722 bits per heavy atom. The number of alkyl halides is 12. The summed E-state index contributed by atoms with van der Waals surface area (Å²) in [6, 6.07) is 8.01. The highest BCUT2D eigenvalue weighted by Crippen LogP contribution is 2.40. The molecule has 0 spiro atoms. The van der Waals surface area contributed by atoms with Crippen LogP contribution < -0.4 is 10.6 Å². The molecule has 1 saturated heterocycles. The third kappa shape index (κ3) is 14.1. The third-order valence-corrected chi connectivity index (χ3v) is 6.78. The summed E-state index contributed by atoms with van der Waals surface area (Å²) in [7, 11) is 0. The molecule has 1 fully saturated rings. The maximum absolute atomic E-state index is 12.9. The third-order valence-electron chi connectivity index (χ3n) is 6.78. The fraction of sp³-hybridized carbons (Fsp3) is 0.400. The lowest BCUT2D eigenvalue weighted by Gasteiger charge is -2.18. The molecule has 1 heterocycles. The number of carbonyl (C=O) groups is 3. The molecule has 0 aromatic heterocycles. The zero-order chi connectivity index (χ0) is 37.8. The van der Waals surface area contributed by atoms with Crippen molar-refractivity contribution in [1.82, 2.24) is 10.6 Å². The van der Waals surface area contributed by atoms with E-state index in [0.717, 1.165) is 6.92 Å². The molecule has 304 valence electrons. The molecule has 2 amide bonds. The first-order valence-electron chi connectivity index (χ1n) is 13.9. The Hall–Kier alpha value is -4.97. The molecule has 3 atom stereocenters. The number of hydrogen-bond donors (Lipinski definition) is 2. The van der Waals surface area contributed by atoms with Gasteiger partial charge in [-0.1, -0.05) is 60.0 Å². The molecule has 19 heteroatoms. The van der Waals surface area contributed by atoms with Crippen molar-refractivity contribution in [2.24, 2.45) is 0 Å². The van der Waals surface area contributed by atoms with E-state index in [1.54, 1.807) is 30.3 Å². The summed E-state index contributed by atoms with van der Waals surface area (Å²) in [6.07, 6.45) is -23.2. The Kier molecular flexibility index (Phi) is 18.4. The van der Waals surface area contributed by atoms with Gasteiger partial charge in [-0.25, -0.2) is 9.59 Å². The summed E-state index contributed by atoms with van der Waals surface area (Å²) >= 11 is 0. The van der Waals surface area contributed by atoms with E-state index in [9.17, 15) is 67.1 Å². The van der Waals surface area contributed by atoms with Crippen molar-refractivity contribution in [2.75, 3.05) is 0 Å². The number of carbonyl (C=O) groups excluding carboxylic acids is 3. The first kappa shape index (κ1) is 51.1. The SMILES string of the molecule is C.C.C.C.CC(NC(=O)OCc1ccccc1)C(=O)c1cc(C(F)(F)F)cc(C(F)(F)F)c1.C[C@@H]1NC(=O)O[C@@H]1c1cc(C(F)(F)F)cc(C(F)(F)F)c1. The minimum Gasteiger partial charge on any atom is -0.445 e. The number of halogens is 12. The molecule has 0 aliphatic carbocycles. The van der Waals surface area contributed by atoms with Gasteiger partial charge in [-0.05, 0) is 61.4 Å². The normalized spacial score (nSPS) is 15.9. The Labute approximate surface area is 304 Å². The van der Waals surface area contributed by atoms with E-state index in [4.69, 9.17) is 9.47 Å². The average molecular weight is 797 g/mol. The Balaban J connectivity index is 0. The molecule has 1 unspecified atom stereocenters.